The van der Waals surface area contributed by atoms with Crippen molar-refractivity contribution in [1.29, 1.82) is 0 Å². The second kappa shape index (κ2) is 3.67. The van der Waals surface area contributed by atoms with E-state index in [0.29, 0.717) is 21.9 Å². The van der Waals surface area contributed by atoms with Gasteiger partial charge in [0.05, 0.1) is 11.3 Å². The Bertz CT molecular complexity index is 662. The first kappa shape index (κ1) is 9.98. The van der Waals surface area contributed by atoms with E-state index in [-0.39, 0.29) is 5.75 Å². The molecule has 0 saturated carbocycles. The fourth-order valence-electron chi connectivity index (χ4n) is 1.53. The van der Waals surface area contributed by atoms with Gasteiger partial charge >= 0.3 is 0 Å². The molecule has 0 amide bonds. The van der Waals surface area contributed by atoms with Gasteiger partial charge in [-0.15, -0.1) is 0 Å². The van der Waals surface area contributed by atoms with E-state index >= 15 is 0 Å². The van der Waals surface area contributed by atoms with Gasteiger partial charge < -0.3 is 10.8 Å². The molecular weight excluding hydrogens is 236 g/mol. The highest BCUT2D eigenvalue weighted by molar-refractivity contribution is 7.21. The van der Waals surface area contributed by atoms with Crippen LogP contribution < -0.4 is 5.73 Å². The highest BCUT2D eigenvalue weighted by atomic mass is 32.1. The molecule has 0 spiro atoms. The third-order valence-electron chi connectivity index (χ3n) is 2.35. The van der Waals surface area contributed by atoms with Crippen molar-refractivity contribution in [1.82, 2.24) is 15.0 Å². The van der Waals surface area contributed by atoms with Gasteiger partial charge in [-0.25, -0.2) is 15.0 Å². The third-order valence-corrected chi connectivity index (χ3v) is 3.33. The minimum absolute atomic E-state index is 0.0477. The van der Waals surface area contributed by atoms with Crippen LogP contribution in [0.4, 0.5) is 5.69 Å². The summed E-state index contributed by atoms with van der Waals surface area (Å²) in [6.45, 7) is 0. The van der Waals surface area contributed by atoms with Gasteiger partial charge in [0.25, 0.3) is 0 Å². The van der Waals surface area contributed by atoms with Gasteiger partial charge in [0, 0.05) is 12.4 Å². The van der Waals surface area contributed by atoms with Crippen molar-refractivity contribution in [2.24, 2.45) is 0 Å². The number of anilines is 1. The van der Waals surface area contributed by atoms with Crippen molar-refractivity contribution in [2.45, 2.75) is 0 Å². The summed E-state index contributed by atoms with van der Waals surface area (Å²) in [5, 5.41) is 10.5. The maximum absolute atomic E-state index is 9.88. The van der Waals surface area contributed by atoms with Crippen molar-refractivity contribution in [2.75, 3.05) is 5.73 Å². The van der Waals surface area contributed by atoms with E-state index in [1.807, 2.05) is 0 Å². The van der Waals surface area contributed by atoms with Crippen LogP contribution in [0.5, 0.6) is 5.75 Å². The Morgan fingerprint density at radius 2 is 2.00 bits per heavy atom. The first-order valence-corrected chi connectivity index (χ1v) is 5.73. The zero-order valence-corrected chi connectivity index (χ0v) is 9.48. The number of aromatic nitrogens is 3. The molecule has 3 rings (SSSR count). The summed E-state index contributed by atoms with van der Waals surface area (Å²) in [7, 11) is 0. The molecule has 2 heterocycles. The molecule has 2 aromatic heterocycles. The Labute approximate surface area is 101 Å². The van der Waals surface area contributed by atoms with Crippen LogP contribution in [0.2, 0.25) is 0 Å². The number of phenols is 1. The van der Waals surface area contributed by atoms with Crippen LogP contribution in [0.3, 0.4) is 0 Å². The predicted octanol–water partition coefficient (Wildman–Crippen LogP) is 2.04. The first-order chi connectivity index (χ1) is 8.25. The van der Waals surface area contributed by atoms with E-state index in [9.17, 15) is 5.11 Å². The molecule has 1 aromatic carbocycles. The molecule has 0 atom stereocenters. The summed E-state index contributed by atoms with van der Waals surface area (Å²) in [6, 6.07) is 5.18. The zero-order chi connectivity index (χ0) is 11.8. The van der Waals surface area contributed by atoms with Crippen molar-refractivity contribution in [3.8, 4) is 16.3 Å². The summed E-state index contributed by atoms with van der Waals surface area (Å²) >= 11 is 1.37. The molecule has 6 heteroatoms. The van der Waals surface area contributed by atoms with Crippen LogP contribution in [0.1, 0.15) is 0 Å². The molecule has 3 N–H and O–H groups in total. The van der Waals surface area contributed by atoms with Gasteiger partial charge in [0.15, 0.2) is 10.5 Å². The second-order valence-corrected chi connectivity index (χ2v) is 4.43. The quantitative estimate of drug-likeness (QED) is 0.505. The number of para-hydroxylation sites is 1. The average molecular weight is 244 g/mol. The van der Waals surface area contributed by atoms with Crippen LogP contribution in [0, 0.1) is 0 Å². The number of phenolic OH excluding ortho intramolecular Hbond substituents is 1. The Kier molecular flexibility index (Phi) is 2.15. The summed E-state index contributed by atoms with van der Waals surface area (Å²) in [6.07, 6.45) is 3.20. The Hall–Kier alpha value is -2.21. The maximum Gasteiger partial charge on any atom is 0.190 e. The Morgan fingerprint density at radius 1 is 1.18 bits per heavy atom. The molecule has 0 saturated heterocycles. The fourth-order valence-corrected chi connectivity index (χ4v) is 2.42. The number of hydrogen-bond acceptors (Lipinski definition) is 6. The van der Waals surface area contributed by atoms with Gasteiger partial charge in [-0.1, -0.05) is 17.4 Å². The molecule has 84 valence electrons. The summed E-state index contributed by atoms with van der Waals surface area (Å²) in [5.74, 6) is 0.0477. The van der Waals surface area contributed by atoms with E-state index in [1.54, 1.807) is 30.6 Å². The number of nitrogens with zero attached hydrogens (tertiary/aromatic N) is 3. The van der Waals surface area contributed by atoms with Gasteiger partial charge in [-0.2, -0.15) is 0 Å². The number of benzene rings is 1. The van der Waals surface area contributed by atoms with E-state index in [2.05, 4.69) is 15.0 Å². The Morgan fingerprint density at radius 3 is 2.82 bits per heavy atom. The number of nitrogens with two attached hydrogens (primary N) is 1. The second-order valence-electron chi connectivity index (χ2n) is 3.45. The van der Waals surface area contributed by atoms with Crippen LogP contribution in [0.25, 0.3) is 21.0 Å². The molecule has 0 radical (unpaired) electrons. The fraction of sp³-hybridized carbons (Fsp3) is 0. The Balaban J connectivity index is 2.24. The zero-order valence-electron chi connectivity index (χ0n) is 8.66. The lowest BCUT2D eigenvalue weighted by molar-refractivity contribution is 0.480. The number of fused-ring (bicyclic) bond motifs is 1. The summed E-state index contributed by atoms with van der Waals surface area (Å²) in [4.78, 5) is 13.3. The van der Waals surface area contributed by atoms with Crippen molar-refractivity contribution in [3.05, 3.63) is 30.6 Å². The predicted molar refractivity (Wildman–Crippen MR) is 66.7 cm³/mol. The topological polar surface area (TPSA) is 84.9 Å². The largest absolute Gasteiger partial charge is 0.505 e. The number of nitrogen functional groups attached to an aromatic ring is 1. The monoisotopic (exact) mass is 244 g/mol. The average Bonchev–Trinajstić information content (AvgIpc) is 2.76. The van der Waals surface area contributed by atoms with Crippen LogP contribution in [-0.4, -0.2) is 20.1 Å². The summed E-state index contributed by atoms with van der Waals surface area (Å²) < 4.78 is 0. The smallest absolute Gasteiger partial charge is 0.190 e. The van der Waals surface area contributed by atoms with Crippen LogP contribution >= 0.6 is 11.3 Å². The van der Waals surface area contributed by atoms with Gasteiger partial charge in [0.1, 0.15) is 10.8 Å². The molecule has 0 bridgehead atoms. The third kappa shape index (κ3) is 1.58. The first-order valence-electron chi connectivity index (χ1n) is 4.91. The van der Waals surface area contributed by atoms with Crippen molar-refractivity contribution < 1.29 is 5.11 Å². The lowest BCUT2D eigenvalue weighted by atomic mass is 10.2. The van der Waals surface area contributed by atoms with E-state index in [4.69, 9.17) is 5.73 Å². The number of thiazole rings is 1. The highest BCUT2D eigenvalue weighted by Gasteiger charge is 2.12. The minimum atomic E-state index is 0.0477. The number of hydrogen-bond donors (Lipinski definition) is 2. The highest BCUT2D eigenvalue weighted by Crippen LogP contribution is 2.36. The molecule has 0 aliphatic carbocycles. The van der Waals surface area contributed by atoms with Crippen LogP contribution in [-0.2, 0) is 0 Å². The van der Waals surface area contributed by atoms with Crippen LogP contribution in [0.15, 0.2) is 30.6 Å². The molecule has 17 heavy (non-hydrogen) atoms. The standard InChI is InChI=1S/C11H8N4OS/c12-7-3-1-2-6(8(7)16)10-15-9-11(17-10)14-5-4-13-9/h1-5,16H,12H2. The lowest BCUT2D eigenvalue weighted by Crippen LogP contribution is -1.87. The number of rotatable bonds is 1. The van der Waals surface area contributed by atoms with Crippen molar-refractivity contribution in [3.63, 3.8) is 0 Å². The normalized spacial score (nSPS) is 10.8. The van der Waals surface area contributed by atoms with Gasteiger partial charge in [-0.05, 0) is 12.1 Å². The SMILES string of the molecule is Nc1cccc(-c2nc3nccnc3s2)c1O. The van der Waals surface area contributed by atoms with E-state index in [1.165, 1.54) is 11.3 Å². The molecule has 5 nitrogen and oxygen atoms in total. The molecular formula is C11H8N4OS. The minimum Gasteiger partial charge on any atom is -0.505 e. The van der Waals surface area contributed by atoms with Gasteiger partial charge in [0.2, 0.25) is 0 Å². The molecule has 3 aromatic rings. The maximum atomic E-state index is 9.88. The van der Waals surface area contributed by atoms with E-state index < -0.39 is 0 Å². The van der Waals surface area contributed by atoms with Gasteiger partial charge in [-0.3, -0.25) is 0 Å². The molecule has 0 fully saturated rings. The number of aromatic hydroxyl groups is 1. The molecule has 0 aliphatic rings. The summed E-state index contributed by atoms with van der Waals surface area (Å²) in [5.41, 5.74) is 7.17. The van der Waals surface area contributed by atoms with Crippen molar-refractivity contribution >= 4 is 27.5 Å². The molecule has 0 aliphatic heterocycles. The van der Waals surface area contributed by atoms with E-state index in [0.717, 1.165) is 4.83 Å². The molecule has 0 unspecified atom stereocenters. The lowest BCUT2D eigenvalue weighted by Gasteiger charge is -2.02.